The van der Waals surface area contributed by atoms with Crippen LogP contribution in [0.3, 0.4) is 0 Å². The van der Waals surface area contributed by atoms with Crippen LogP contribution in [0.4, 0.5) is 0 Å². The van der Waals surface area contributed by atoms with Crippen LogP contribution < -0.4 is 0 Å². The number of rotatable bonds is 3. The third-order valence-electron chi connectivity index (χ3n) is 5.03. The lowest BCUT2D eigenvalue weighted by Gasteiger charge is -2.36. The van der Waals surface area contributed by atoms with Gasteiger partial charge in [-0.3, -0.25) is 14.7 Å². The second-order valence-corrected chi connectivity index (χ2v) is 6.89. The van der Waals surface area contributed by atoms with Crippen LogP contribution in [0, 0.1) is 0 Å². The SMILES string of the molecule is CC(C)c1ccc(C(=O)N2CCCN(C3CCC3)CC2)cn1. The predicted octanol–water partition coefficient (Wildman–Crippen LogP) is 2.91. The Labute approximate surface area is 133 Å². The smallest absolute Gasteiger partial charge is 0.255 e. The average molecular weight is 301 g/mol. The standard InChI is InChI=1S/C18H27N3O/c1-14(2)17-8-7-15(13-19-17)18(22)21-10-4-9-20(11-12-21)16-5-3-6-16/h7-8,13-14,16H,3-6,9-12H2,1-2H3. The van der Waals surface area contributed by atoms with E-state index in [-0.39, 0.29) is 5.91 Å². The molecule has 0 radical (unpaired) electrons. The molecular weight excluding hydrogens is 274 g/mol. The quantitative estimate of drug-likeness (QED) is 0.861. The van der Waals surface area contributed by atoms with Crippen LogP contribution >= 0.6 is 0 Å². The van der Waals surface area contributed by atoms with E-state index in [1.54, 1.807) is 6.20 Å². The van der Waals surface area contributed by atoms with Crippen LogP contribution in [0.1, 0.15) is 61.5 Å². The molecule has 2 aliphatic rings. The summed E-state index contributed by atoms with van der Waals surface area (Å²) in [4.78, 5) is 21.7. The largest absolute Gasteiger partial charge is 0.337 e. The van der Waals surface area contributed by atoms with Gasteiger partial charge in [-0.2, -0.15) is 0 Å². The van der Waals surface area contributed by atoms with Gasteiger partial charge in [-0.15, -0.1) is 0 Å². The molecule has 3 rings (SSSR count). The van der Waals surface area contributed by atoms with Crippen molar-refractivity contribution in [3.8, 4) is 0 Å². The molecule has 22 heavy (non-hydrogen) atoms. The maximum absolute atomic E-state index is 12.7. The summed E-state index contributed by atoms with van der Waals surface area (Å²) < 4.78 is 0. The Bertz CT molecular complexity index is 508. The lowest BCUT2D eigenvalue weighted by Crippen LogP contribution is -2.42. The molecule has 2 fully saturated rings. The molecule has 4 heteroatoms. The lowest BCUT2D eigenvalue weighted by molar-refractivity contribution is 0.0749. The molecule has 1 aromatic rings. The van der Waals surface area contributed by atoms with Gasteiger partial charge < -0.3 is 4.90 Å². The van der Waals surface area contributed by atoms with Gasteiger partial charge in [0.25, 0.3) is 5.91 Å². The summed E-state index contributed by atoms with van der Waals surface area (Å²) in [5, 5.41) is 0. The van der Waals surface area contributed by atoms with Crippen molar-refractivity contribution in [2.24, 2.45) is 0 Å². The first-order chi connectivity index (χ1) is 10.6. The number of carbonyl (C=O) groups excluding carboxylic acids is 1. The highest BCUT2D eigenvalue weighted by molar-refractivity contribution is 5.93. The van der Waals surface area contributed by atoms with Crippen molar-refractivity contribution in [2.75, 3.05) is 26.2 Å². The minimum Gasteiger partial charge on any atom is -0.337 e. The van der Waals surface area contributed by atoms with Crippen molar-refractivity contribution in [3.05, 3.63) is 29.6 Å². The Morgan fingerprint density at radius 2 is 1.95 bits per heavy atom. The van der Waals surface area contributed by atoms with E-state index in [9.17, 15) is 4.79 Å². The lowest BCUT2D eigenvalue weighted by atomic mass is 9.91. The zero-order valence-corrected chi connectivity index (χ0v) is 13.8. The van der Waals surface area contributed by atoms with Crippen LogP contribution in [0.25, 0.3) is 0 Å². The first-order valence-corrected chi connectivity index (χ1v) is 8.64. The van der Waals surface area contributed by atoms with Gasteiger partial charge in [-0.1, -0.05) is 20.3 Å². The summed E-state index contributed by atoms with van der Waals surface area (Å²) in [6.45, 7) is 8.11. The number of carbonyl (C=O) groups is 1. The predicted molar refractivity (Wildman–Crippen MR) is 88.1 cm³/mol. The zero-order valence-electron chi connectivity index (χ0n) is 13.8. The van der Waals surface area contributed by atoms with Gasteiger partial charge in [-0.25, -0.2) is 0 Å². The number of hydrogen-bond donors (Lipinski definition) is 0. The number of hydrogen-bond acceptors (Lipinski definition) is 3. The average Bonchev–Trinajstić information content (AvgIpc) is 2.71. The minimum atomic E-state index is 0.137. The third-order valence-corrected chi connectivity index (χ3v) is 5.03. The fourth-order valence-corrected chi connectivity index (χ4v) is 3.31. The molecule has 1 aliphatic carbocycles. The fourth-order valence-electron chi connectivity index (χ4n) is 3.31. The summed E-state index contributed by atoms with van der Waals surface area (Å²) in [6.07, 6.45) is 6.88. The first-order valence-electron chi connectivity index (χ1n) is 8.64. The summed E-state index contributed by atoms with van der Waals surface area (Å²) in [6, 6.07) is 4.69. The van der Waals surface area contributed by atoms with Gasteiger partial charge in [0.1, 0.15) is 0 Å². The van der Waals surface area contributed by atoms with Crippen molar-refractivity contribution < 1.29 is 4.79 Å². The van der Waals surface area contributed by atoms with E-state index in [1.165, 1.54) is 19.3 Å². The highest BCUT2D eigenvalue weighted by Crippen LogP contribution is 2.25. The summed E-state index contributed by atoms with van der Waals surface area (Å²) in [5.41, 5.74) is 1.77. The van der Waals surface area contributed by atoms with E-state index in [2.05, 4.69) is 23.7 Å². The minimum absolute atomic E-state index is 0.137. The fraction of sp³-hybridized carbons (Fsp3) is 0.667. The molecule has 120 valence electrons. The number of aromatic nitrogens is 1. The van der Waals surface area contributed by atoms with Gasteiger partial charge in [-0.05, 0) is 37.3 Å². The maximum Gasteiger partial charge on any atom is 0.255 e. The van der Waals surface area contributed by atoms with E-state index >= 15 is 0 Å². The van der Waals surface area contributed by atoms with Gasteiger partial charge >= 0.3 is 0 Å². The summed E-state index contributed by atoms with van der Waals surface area (Å²) >= 11 is 0. The van der Waals surface area contributed by atoms with E-state index in [1.807, 2.05) is 17.0 Å². The molecule has 4 nitrogen and oxygen atoms in total. The zero-order chi connectivity index (χ0) is 15.5. The van der Waals surface area contributed by atoms with E-state index < -0.39 is 0 Å². The van der Waals surface area contributed by atoms with Crippen molar-refractivity contribution in [3.63, 3.8) is 0 Å². The molecule has 0 bridgehead atoms. The van der Waals surface area contributed by atoms with Gasteiger partial charge in [0.2, 0.25) is 0 Å². The van der Waals surface area contributed by atoms with Crippen LogP contribution in [-0.4, -0.2) is 52.9 Å². The highest BCUT2D eigenvalue weighted by Gasteiger charge is 2.28. The van der Waals surface area contributed by atoms with Gasteiger partial charge in [0.05, 0.1) is 5.56 Å². The van der Waals surface area contributed by atoms with Crippen molar-refractivity contribution in [1.29, 1.82) is 0 Å². The number of nitrogens with zero attached hydrogens (tertiary/aromatic N) is 3. The van der Waals surface area contributed by atoms with Crippen molar-refractivity contribution in [1.82, 2.24) is 14.8 Å². The molecule has 2 heterocycles. The number of pyridine rings is 1. The molecule has 0 unspecified atom stereocenters. The molecule has 1 saturated carbocycles. The second kappa shape index (κ2) is 6.78. The third kappa shape index (κ3) is 3.32. The Kier molecular flexibility index (Phi) is 4.77. The molecule has 0 N–H and O–H groups in total. The second-order valence-electron chi connectivity index (χ2n) is 6.89. The Hall–Kier alpha value is -1.42. The maximum atomic E-state index is 12.7. The van der Waals surface area contributed by atoms with Crippen molar-refractivity contribution >= 4 is 5.91 Å². The molecule has 0 atom stereocenters. The molecule has 0 spiro atoms. The van der Waals surface area contributed by atoms with E-state index in [0.717, 1.165) is 49.9 Å². The molecular formula is C18H27N3O. The van der Waals surface area contributed by atoms with Gasteiger partial charge in [0.15, 0.2) is 0 Å². The number of amides is 1. The Morgan fingerprint density at radius 1 is 1.14 bits per heavy atom. The Balaban J connectivity index is 1.61. The van der Waals surface area contributed by atoms with Crippen LogP contribution in [0.5, 0.6) is 0 Å². The molecule has 1 aromatic heterocycles. The highest BCUT2D eigenvalue weighted by atomic mass is 16.2. The molecule has 1 aliphatic heterocycles. The van der Waals surface area contributed by atoms with Crippen LogP contribution in [-0.2, 0) is 0 Å². The normalized spacial score (nSPS) is 20.8. The monoisotopic (exact) mass is 301 g/mol. The van der Waals surface area contributed by atoms with E-state index in [4.69, 9.17) is 0 Å². The van der Waals surface area contributed by atoms with E-state index in [0.29, 0.717) is 5.92 Å². The van der Waals surface area contributed by atoms with Crippen molar-refractivity contribution in [2.45, 2.75) is 51.5 Å². The topological polar surface area (TPSA) is 36.4 Å². The molecule has 0 aromatic carbocycles. The Morgan fingerprint density at radius 3 is 2.55 bits per heavy atom. The van der Waals surface area contributed by atoms with Crippen LogP contribution in [0.2, 0.25) is 0 Å². The molecule has 1 saturated heterocycles. The summed E-state index contributed by atoms with van der Waals surface area (Å²) in [7, 11) is 0. The first kappa shape index (κ1) is 15.5. The van der Waals surface area contributed by atoms with Gasteiger partial charge in [0, 0.05) is 44.1 Å². The van der Waals surface area contributed by atoms with Crippen LogP contribution in [0.15, 0.2) is 18.3 Å². The summed E-state index contributed by atoms with van der Waals surface area (Å²) in [5.74, 6) is 0.539. The molecule has 1 amide bonds.